The number of nitrogens with two attached hydrogens (primary N) is 1. The van der Waals surface area contributed by atoms with E-state index in [4.69, 9.17) is 5.73 Å². The van der Waals surface area contributed by atoms with Crippen LogP contribution in [0.1, 0.15) is 61.3 Å². The maximum atomic E-state index is 12.8. The highest BCUT2D eigenvalue weighted by atomic mass is 32.2. The van der Waals surface area contributed by atoms with Crippen molar-refractivity contribution in [2.45, 2.75) is 73.5 Å². The number of rotatable bonds is 9. The highest BCUT2D eigenvalue weighted by molar-refractivity contribution is 7.92. The minimum atomic E-state index is -5.48. The summed E-state index contributed by atoms with van der Waals surface area (Å²) in [5.41, 5.74) is 0.396. The van der Waals surface area contributed by atoms with Gasteiger partial charge in [0.1, 0.15) is 5.56 Å². The number of halogens is 3. The third-order valence-corrected chi connectivity index (χ3v) is 9.24. The van der Waals surface area contributed by atoms with Crippen molar-refractivity contribution in [3.63, 3.8) is 0 Å². The smallest absolute Gasteiger partial charge is 0.365 e. The van der Waals surface area contributed by atoms with E-state index in [0.717, 1.165) is 42.5 Å². The molecule has 204 valence electrons. The number of alkyl halides is 3. The number of sulfone groups is 1. The Labute approximate surface area is 218 Å². The van der Waals surface area contributed by atoms with Crippen LogP contribution in [0.15, 0.2) is 35.4 Å². The molecule has 0 radical (unpaired) electrons. The summed E-state index contributed by atoms with van der Waals surface area (Å²) in [4.78, 5) is 11.2. The number of hydrogen-bond donors (Lipinski definition) is 3. The minimum Gasteiger partial charge on any atom is -0.365 e. The Hall–Kier alpha value is -3.11. The average molecular weight is 551 g/mol. The van der Waals surface area contributed by atoms with Crippen molar-refractivity contribution in [3.05, 3.63) is 36.0 Å². The van der Waals surface area contributed by atoms with Gasteiger partial charge in [-0.2, -0.15) is 23.5 Å². The van der Waals surface area contributed by atoms with Gasteiger partial charge in [-0.15, -0.1) is 0 Å². The Morgan fingerprint density at radius 3 is 2.26 bits per heavy atom. The predicted octanol–water partition coefficient (Wildman–Crippen LogP) is 4.03. The van der Waals surface area contributed by atoms with Gasteiger partial charge in [-0.05, 0) is 81.0 Å². The molecule has 38 heavy (non-hydrogen) atoms. The number of anilines is 2. The number of amides is 1. The Bertz CT molecular complexity index is 1330. The van der Waals surface area contributed by atoms with Gasteiger partial charge in [-0.1, -0.05) is 0 Å². The molecule has 0 unspecified atom stereocenters. The monoisotopic (exact) mass is 550 g/mol. The van der Waals surface area contributed by atoms with Crippen LogP contribution in [0.5, 0.6) is 0 Å². The van der Waals surface area contributed by atoms with E-state index < -0.39 is 26.1 Å². The summed E-state index contributed by atoms with van der Waals surface area (Å²) >= 11 is 0. The molecule has 1 aromatic heterocycles. The first-order valence-electron chi connectivity index (χ1n) is 12.7. The number of hydrogen-bond acceptors (Lipinski definition) is 7. The van der Waals surface area contributed by atoms with E-state index in [2.05, 4.69) is 21.8 Å². The SMILES string of the molecule is N#C[C@H]1C[C@@H](NC(C2CC2)C2CC2)CC[C@@H]1n1cc(C(N)=O)c(Nc2ccc(S(=O)(=O)C(F)(F)F)cc2)n1. The molecule has 3 saturated carbocycles. The third-order valence-electron chi connectivity index (χ3n) is 7.74. The van der Waals surface area contributed by atoms with Crippen molar-refractivity contribution in [2.24, 2.45) is 23.5 Å². The molecule has 5 rings (SSSR count). The zero-order valence-electron chi connectivity index (χ0n) is 20.5. The highest BCUT2D eigenvalue weighted by Gasteiger charge is 2.47. The van der Waals surface area contributed by atoms with Gasteiger partial charge in [-0.3, -0.25) is 9.48 Å². The number of carbonyl (C=O) groups is 1. The molecular formula is C25H29F3N6O3S. The Morgan fingerprint density at radius 2 is 1.74 bits per heavy atom. The van der Waals surface area contributed by atoms with Gasteiger partial charge in [0.25, 0.3) is 15.7 Å². The molecule has 1 heterocycles. The number of carbonyl (C=O) groups excluding carboxylic acids is 1. The lowest BCUT2D eigenvalue weighted by Crippen LogP contribution is -2.45. The largest absolute Gasteiger partial charge is 0.501 e. The summed E-state index contributed by atoms with van der Waals surface area (Å²) in [6.07, 6.45) is 8.77. The lowest BCUT2D eigenvalue weighted by Gasteiger charge is -2.35. The molecule has 3 atom stereocenters. The molecule has 0 spiro atoms. The van der Waals surface area contributed by atoms with Gasteiger partial charge < -0.3 is 16.4 Å². The van der Waals surface area contributed by atoms with E-state index in [1.165, 1.54) is 31.9 Å². The summed E-state index contributed by atoms with van der Waals surface area (Å²) < 4.78 is 63.2. The topological polar surface area (TPSA) is 143 Å². The fraction of sp³-hybridized carbons (Fsp3) is 0.560. The molecule has 3 aliphatic carbocycles. The quantitative estimate of drug-likeness (QED) is 0.428. The van der Waals surface area contributed by atoms with Crippen molar-refractivity contribution in [2.75, 3.05) is 5.32 Å². The molecule has 1 amide bonds. The highest BCUT2D eigenvalue weighted by Crippen LogP contribution is 2.45. The summed E-state index contributed by atoms with van der Waals surface area (Å²) in [7, 11) is -5.48. The Balaban J connectivity index is 1.30. The first-order chi connectivity index (χ1) is 18.0. The molecule has 0 bridgehead atoms. The van der Waals surface area contributed by atoms with Crippen LogP contribution in [0.4, 0.5) is 24.7 Å². The van der Waals surface area contributed by atoms with E-state index >= 15 is 0 Å². The lowest BCUT2D eigenvalue weighted by atomic mass is 9.82. The Kier molecular flexibility index (Phi) is 6.89. The first-order valence-corrected chi connectivity index (χ1v) is 14.2. The molecule has 4 N–H and O–H groups in total. The maximum Gasteiger partial charge on any atom is 0.501 e. The van der Waals surface area contributed by atoms with Gasteiger partial charge in [0.05, 0.1) is 22.9 Å². The Morgan fingerprint density at radius 1 is 1.11 bits per heavy atom. The summed E-state index contributed by atoms with van der Waals surface area (Å²) in [6.45, 7) is 0. The molecule has 1 aromatic carbocycles. The summed E-state index contributed by atoms with van der Waals surface area (Å²) in [6, 6.07) is 6.85. The maximum absolute atomic E-state index is 12.8. The zero-order chi connectivity index (χ0) is 27.2. The van der Waals surface area contributed by atoms with E-state index in [9.17, 15) is 31.6 Å². The van der Waals surface area contributed by atoms with E-state index in [-0.39, 0.29) is 35.1 Å². The van der Waals surface area contributed by atoms with Crippen LogP contribution in [-0.2, 0) is 9.84 Å². The second kappa shape index (κ2) is 9.89. The van der Waals surface area contributed by atoms with Crippen molar-refractivity contribution < 1.29 is 26.4 Å². The van der Waals surface area contributed by atoms with Crippen LogP contribution in [0.25, 0.3) is 0 Å². The molecule has 13 heteroatoms. The summed E-state index contributed by atoms with van der Waals surface area (Å²) in [5.74, 6) is 0.474. The van der Waals surface area contributed by atoms with Crippen LogP contribution in [-0.4, -0.2) is 41.7 Å². The minimum absolute atomic E-state index is 0.0523. The zero-order valence-corrected chi connectivity index (χ0v) is 21.3. The van der Waals surface area contributed by atoms with Gasteiger partial charge in [0.2, 0.25) is 0 Å². The van der Waals surface area contributed by atoms with Crippen LogP contribution < -0.4 is 16.4 Å². The normalized spacial score (nSPS) is 24.2. The summed E-state index contributed by atoms with van der Waals surface area (Å²) in [5, 5.41) is 21.0. The average Bonchev–Trinajstić information content (AvgIpc) is 3.80. The standard InChI is InChI=1S/C25H29F3N6O3S/c26-25(27,28)38(36,37)19-8-5-17(6-9-19)32-24-20(23(30)35)13-34(33-24)21-10-7-18(11-16(21)12-29)31-22(14-1-2-14)15-3-4-15/h5-6,8-9,13-16,18,21-22,31H,1-4,7,10-11H2,(H2,30,35)(H,32,33)/t16-,18+,21+/m1/s1. The molecule has 9 nitrogen and oxygen atoms in total. The number of aromatic nitrogens is 2. The lowest BCUT2D eigenvalue weighted by molar-refractivity contribution is -0.0436. The second-order valence-electron chi connectivity index (χ2n) is 10.5. The van der Waals surface area contributed by atoms with Crippen molar-refractivity contribution >= 4 is 27.2 Å². The van der Waals surface area contributed by atoms with Crippen LogP contribution in [0.3, 0.4) is 0 Å². The number of nitriles is 1. The van der Waals surface area contributed by atoms with Crippen LogP contribution in [0, 0.1) is 29.1 Å². The second-order valence-corrected chi connectivity index (χ2v) is 12.5. The molecule has 0 saturated heterocycles. The van der Waals surface area contributed by atoms with Crippen LogP contribution in [0.2, 0.25) is 0 Å². The van der Waals surface area contributed by atoms with Crippen molar-refractivity contribution in [3.8, 4) is 6.07 Å². The number of primary amides is 1. The first kappa shape index (κ1) is 26.5. The van der Waals surface area contributed by atoms with E-state index in [1.54, 1.807) is 4.68 Å². The van der Waals surface area contributed by atoms with Gasteiger partial charge >= 0.3 is 5.51 Å². The van der Waals surface area contributed by atoms with Gasteiger partial charge in [0.15, 0.2) is 5.82 Å². The van der Waals surface area contributed by atoms with Crippen molar-refractivity contribution in [1.29, 1.82) is 5.26 Å². The number of nitrogens with one attached hydrogen (secondary N) is 2. The fourth-order valence-corrected chi connectivity index (χ4v) is 6.18. The fourth-order valence-electron chi connectivity index (χ4n) is 5.42. The molecule has 3 aliphatic rings. The number of nitrogens with zero attached hydrogens (tertiary/aromatic N) is 3. The molecular weight excluding hydrogens is 521 g/mol. The van der Waals surface area contributed by atoms with E-state index in [1.807, 2.05) is 0 Å². The third kappa shape index (κ3) is 5.37. The molecule has 0 aliphatic heterocycles. The molecule has 3 fully saturated rings. The van der Waals surface area contributed by atoms with Crippen LogP contribution >= 0.6 is 0 Å². The molecule has 2 aromatic rings. The van der Waals surface area contributed by atoms with Crippen molar-refractivity contribution in [1.82, 2.24) is 15.1 Å². The van der Waals surface area contributed by atoms with E-state index in [0.29, 0.717) is 18.9 Å². The van der Waals surface area contributed by atoms with Gasteiger partial charge in [-0.25, -0.2) is 8.42 Å². The predicted molar refractivity (Wildman–Crippen MR) is 132 cm³/mol. The number of benzene rings is 1. The van der Waals surface area contributed by atoms with Gasteiger partial charge in [0, 0.05) is 24.0 Å².